The number of aromatic nitrogens is 2. The summed E-state index contributed by atoms with van der Waals surface area (Å²) in [6.45, 7) is 0.600. The summed E-state index contributed by atoms with van der Waals surface area (Å²) >= 11 is 0. The summed E-state index contributed by atoms with van der Waals surface area (Å²) in [5, 5.41) is 11.3. The second-order valence-electron chi connectivity index (χ2n) is 4.62. The van der Waals surface area contributed by atoms with Gasteiger partial charge in [-0.3, -0.25) is 4.90 Å². The third-order valence-electron chi connectivity index (χ3n) is 3.11. The zero-order chi connectivity index (χ0) is 15.5. The average molecular weight is 304 g/mol. The van der Waals surface area contributed by atoms with Crippen molar-refractivity contribution in [3.63, 3.8) is 0 Å². The van der Waals surface area contributed by atoms with Crippen molar-refractivity contribution < 1.29 is 18.4 Å². The lowest BCUT2D eigenvalue weighted by Gasteiger charge is -2.35. The number of amidine groups is 1. The highest BCUT2D eigenvalue weighted by Crippen LogP contribution is 2.19. The van der Waals surface area contributed by atoms with Crippen LogP contribution in [-0.4, -0.2) is 64.8 Å². The monoisotopic (exact) mass is 304 g/mol. The summed E-state index contributed by atoms with van der Waals surface area (Å²) in [7, 11) is 0. The number of rotatable bonds is 3. The van der Waals surface area contributed by atoms with E-state index < -0.39 is 12.7 Å². The lowest BCUT2D eigenvalue weighted by Crippen LogP contribution is -2.49. The highest BCUT2D eigenvalue weighted by Gasteiger charge is 2.32. The summed E-state index contributed by atoms with van der Waals surface area (Å²) < 4.78 is 36.9. The van der Waals surface area contributed by atoms with Crippen molar-refractivity contribution in [3.05, 3.63) is 18.1 Å². The number of hydrogen-bond acceptors (Lipinski definition) is 6. The van der Waals surface area contributed by atoms with E-state index in [1.165, 1.54) is 17.3 Å². The number of nitrogens with two attached hydrogens (primary N) is 1. The van der Waals surface area contributed by atoms with Gasteiger partial charge >= 0.3 is 6.18 Å². The van der Waals surface area contributed by atoms with Gasteiger partial charge in [0.2, 0.25) is 0 Å². The molecule has 0 spiro atoms. The van der Waals surface area contributed by atoms with Gasteiger partial charge in [0.15, 0.2) is 5.84 Å². The smallest absolute Gasteiger partial charge is 0.401 e. The van der Waals surface area contributed by atoms with E-state index in [4.69, 9.17) is 10.9 Å². The minimum atomic E-state index is -4.18. The molecule has 1 aliphatic heterocycles. The molecule has 0 aliphatic carbocycles. The van der Waals surface area contributed by atoms with Crippen LogP contribution in [0.4, 0.5) is 19.0 Å². The lowest BCUT2D eigenvalue weighted by molar-refractivity contribution is -0.146. The Labute approximate surface area is 118 Å². The first-order valence-corrected chi connectivity index (χ1v) is 6.23. The van der Waals surface area contributed by atoms with Crippen LogP contribution in [0.3, 0.4) is 0 Å². The van der Waals surface area contributed by atoms with Gasteiger partial charge in [-0.05, 0) is 0 Å². The minimum Gasteiger partial charge on any atom is -0.409 e. The molecule has 0 atom stereocenters. The van der Waals surface area contributed by atoms with Gasteiger partial charge in [-0.1, -0.05) is 5.16 Å². The SMILES string of the molecule is NC(=NO)c1cnc(N2CCN(CC(F)(F)F)CC2)cn1. The Morgan fingerprint density at radius 3 is 2.38 bits per heavy atom. The maximum absolute atomic E-state index is 12.3. The van der Waals surface area contributed by atoms with Gasteiger partial charge in [0.1, 0.15) is 11.5 Å². The van der Waals surface area contributed by atoms with Crippen LogP contribution in [0, 0.1) is 0 Å². The van der Waals surface area contributed by atoms with Gasteiger partial charge < -0.3 is 15.8 Å². The predicted octanol–water partition coefficient (Wildman–Crippen LogP) is 0.255. The fourth-order valence-corrected chi connectivity index (χ4v) is 2.06. The Morgan fingerprint density at radius 2 is 1.90 bits per heavy atom. The van der Waals surface area contributed by atoms with Crippen LogP contribution < -0.4 is 10.6 Å². The molecular weight excluding hydrogens is 289 g/mol. The molecule has 0 saturated carbocycles. The van der Waals surface area contributed by atoms with Crippen molar-refractivity contribution in [1.82, 2.24) is 14.9 Å². The van der Waals surface area contributed by atoms with E-state index >= 15 is 0 Å². The van der Waals surface area contributed by atoms with E-state index in [0.29, 0.717) is 32.0 Å². The van der Waals surface area contributed by atoms with Crippen molar-refractivity contribution in [3.8, 4) is 0 Å². The van der Waals surface area contributed by atoms with Gasteiger partial charge in [0.25, 0.3) is 0 Å². The van der Waals surface area contributed by atoms with Crippen LogP contribution in [0.2, 0.25) is 0 Å². The maximum atomic E-state index is 12.3. The first-order valence-electron chi connectivity index (χ1n) is 6.23. The zero-order valence-corrected chi connectivity index (χ0v) is 11.1. The molecule has 21 heavy (non-hydrogen) atoms. The number of alkyl halides is 3. The van der Waals surface area contributed by atoms with Crippen LogP contribution in [0.15, 0.2) is 17.5 Å². The molecule has 7 nitrogen and oxygen atoms in total. The molecule has 0 unspecified atom stereocenters. The van der Waals surface area contributed by atoms with Crippen molar-refractivity contribution in [2.75, 3.05) is 37.6 Å². The van der Waals surface area contributed by atoms with E-state index in [1.807, 2.05) is 4.90 Å². The Bertz CT molecular complexity index is 496. The molecule has 1 saturated heterocycles. The summed E-state index contributed by atoms with van der Waals surface area (Å²) in [5.74, 6) is 0.403. The van der Waals surface area contributed by atoms with Crippen LogP contribution in [-0.2, 0) is 0 Å². The molecule has 0 aromatic carbocycles. The third-order valence-corrected chi connectivity index (χ3v) is 3.11. The van der Waals surface area contributed by atoms with E-state index in [2.05, 4.69) is 15.1 Å². The average Bonchev–Trinajstić information content (AvgIpc) is 2.46. The molecule has 116 valence electrons. The molecule has 1 aliphatic rings. The number of halogens is 3. The maximum Gasteiger partial charge on any atom is 0.401 e. The highest BCUT2D eigenvalue weighted by molar-refractivity contribution is 5.94. The third kappa shape index (κ3) is 4.18. The summed E-state index contributed by atoms with van der Waals surface area (Å²) in [6, 6.07) is 0. The molecule has 0 bridgehead atoms. The van der Waals surface area contributed by atoms with Gasteiger partial charge in [-0.25, -0.2) is 9.97 Å². The van der Waals surface area contributed by atoms with Gasteiger partial charge in [-0.2, -0.15) is 13.2 Å². The fraction of sp³-hybridized carbons (Fsp3) is 0.545. The van der Waals surface area contributed by atoms with Crippen molar-refractivity contribution in [2.24, 2.45) is 10.9 Å². The molecule has 0 amide bonds. The summed E-state index contributed by atoms with van der Waals surface area (Å²) in [5.41, 5.74) is 5.60. The molecule has 3 N–H and O–H groups in total. The normalized spacial score (nSPS) is 18.0. The van der Waals surface area contributed by atoms with Crippen LogP contribution in [0.25, 0.3) is 0 Å². The zero-order valence-electron chi connectivity index (χ0n) is 11.1. The second kappa shape index (κ2) is 6.12. The number of anilines is 1. The minimum absolute atomic E-state index is 0.149. The number of nitrogens with zero attached hydrogens (tertiary/aromatic N) is 5. The molecule has 10 heteroatoms. The number of piperazine rings is 1. The predicted molar refractivity (Wildman–Crippen MR) is 69.3 cm³/mol. The first kappa shape index (κ1) is 15.3. The Kier molecular flexibility index (Phi) is 4.46. The fourth-order valence-electron chi connectivity index (χ4n) is 2.06. The van der Waals surface area contributed by atoms with E-state index in [9.17, 15) is 13.2 Å². The van der Waals surface area contributed by atoms with Gasteiger partial charge in [-0.15, -0.1) is 0 Å². The molecular formula is C11H15F3N6O. The molecule has 2 rings (SSSR count). The lowest BCUT2D eigenvalue weighted by atomic mass is 10.3. The van der Waals surface area contributed by atoms with Gasteiger partial charge in [0, 0.05) is 26.2 Å². The molecule has 1 aromatic heterocycles. The van der Waals surface area contributed by atoms with Crippen molar-refractivity contribution in [1.29, 1.82) is 0 Å². The van der Waals surface area contributed by atoms with E-state index in [-0.39, 0.29) is 11.5 Å². The summed E-state index contributed by atoms with van der Waals surface area (Å²) in [6.07, 6.45) is -1.37. The Morgan fingerprint density at radius 1 is 1.24 bits per heavy atom. The Hall–Kier alpha value is -2.10. The molecule has 1 aromatic rings. The largest absolute Gasteiger partial charge is 0.409 e. The number of hydrogen-bond donors (Lipinski definition) is 2. The van der Waals surface area contributed by atoms with Crippen LogP contribution >= 0.6 is 0 Å². The van der Waals surface area contributed by atoms with Gasteiger partial charge in [0.05, 0.1) is 18.9 Å². The van der Waals surface area contributed by atoms with Crippen molar-refractivity contribution >= 4 is 11.7 Å². The first-order chi connectivity index (χ1) is 9.89. The topological polar surface area (TPSA) is 90.9 Å². The molecule has 0 radical (unpaired) electrons. The van der Waals surface area contributed by atoms with E-state index in [0.717, 1.165) is 0 Å². The van der Waals surface area contributed by atoms with E-state index in [1.54, 1.807) is 0 Å². The van der Waals surface area contributed by atoms with Crippen molar-refractivity contribution in [2.45, 2.75) is 6.18 Å². The highest BCUT2D eigenvalue weighted by atomic mass is 19.4. The molecule has 1 fully saturated rings. The van der Waals surface area contributed by atoms with Crippen LogP contribution in [0.1, 0.15) is 5.69 Å². The molecule has 2 heterocycles. The summed E-state index contributed by atoms with van der Waals surface area (Å²) in [4.78, 5) is 11.3. The Balaban J connectivity index is 1.93. The standard InChI is InChI=1S/C11H15F3N6O/c12-11(13,14)7-19-1-3-20(4-2-19)9-6-16-8(5-17-9)10(15)18-21/h5-6,21H,1-4,7H2,(H2,15,18). The second-order valence-corrected chi connectivity index (χ2v) is 4.62. The number of oxime groups is 1. The quantitative estimate of drug-likeness (QED) is 0.360. The van der Waals surface area contributed by atoms with Crippen LogP contribution in [0.5, 0.6) is 0 Å².